The van der Waals surface area contributed by atoms with Crippen molar-refractivity contribution in [3.63, 3.8) is 0 Å². The number of aryl methyl sites for hydroxylation is 1. The standard InChI is InChI=1S/C31H24Cl2N2OS/c1-19-5-7-21(8-6-19)18-27-30(36)35-29(22-11-15-25(33)16-12-22)26-4-2-3-23(28(26)34-31(35)37-27)17-20-9-13-24(32)14-10-20/h5-18,29H,2-4H2,1H3/b23-17-,27-18+. The highest BCUT2D eigenvalue weighted by Crippen LogP contribution is 2.41. The lowest BCUT2D eigenvalue weighted by molar-refractivity contribution is 0.553. The second-order valence-electron chi connectivity index (χ2n) is 9.49. The van der Waals surface area contributed by atoms with Crippen LogP contribution >= 0.6 is 34.5 Å². The van der Waals surface area contributed by atoms with Crippen LogP contribution in [0.25, 0.3) is 12.2 Å². The minimum Gasteiger partial charge on any atom is -0.272 e. The van der Waals surface area contributed by atoms with E-state index in [0.717, 1.165) is 51.5 Å². The van der Waals surface area contributed by atoms with Crippen LogP contribution in [0.5, 0.6) is 0 Å². The van der Waals surface area contributed by atoms with Crippen molar-refractivity contribution < 1.29 is 0 Å². The molecule has 0 spiro atoms. The second kappa shape index (κ2) is 9.94. The predicted octanol–water partition coefficient (Wildman–Crippen LogP) is 7.10. The van der Waals surface area contributed by atoms with Crippen LogP contribution in [0.15, 0.2) is 99.4 Å². The van der Waals surface area contributed by atoms with Crippen molar-refractivity contribution in [3.05, 3.63) is 142 Å². The second-order valence-corrected chi connectivity index (χ2v) is 11.4. The summed E-state index contributed by atoms with van der Waals surface area (Å²) in [6, 6.07) is 23.7. The number of fused-ring (bicyclic) bond motifs is 1. The maximum absolute atomic E-state index is 13.8. The number of hydrogen-bond acceptors (Lipinski definition) is 3. The molecule has 0 bridgehead atoms. The number of thiazole rings is 1. The highest BCUT2D eigenvalue weighted by Gasteiger charge is 2.32. The summed E-state index contributed by atoms with van der Waals surface area (Å²) in [6.45, 7) is 2.06. The molecule has 2 heterocycles. The number of nitrogens with zero attached hydrogens (tertiary/aromatic N) is 2. The minimum atomic E-state index is -0.211. The number of allylic oxidation sites excluding steroid dienone is 2. The Morgan fingerprint density at radius 2 is 1.49 bits per heavy atom. The molecule has 0 fully saturated rings. The molecule has 0 amide bonds. The van der Waals surface area contributed by atoms with Crippen LogP contribution in [-0.4, -0.2) is 4.57 Å². The molecule has 1 aliphatic heterocycles. The average Bonchev–Trinajstić information content (AvgIpc) is 3.21. The van der Waals surface area contributed by atoms with Gasteiger partial charge in [-0.2, -0.15) is 0 Å². The van der Waals surface area contributed by atoms with Gasteiger partial charge in [0.15, 0.2) is 4.80 Å². The van der Waals surface area contributed by atoms with Gasteiger partial charge in [0.25, 0.3) is 5.56 Å². The summed E-state index contributed by atoms with van der Waals surface area (Å²) in [5.41, 5.74) is 7.70. The molecule has 0 saturated carbocycles. The lowest BCUT2D eigenvalue weighted by atomic mass is 9.84. The van der Waals surface area contributed by atoms with Gasteiger partial charge in [0.2, 0.25) is 0 Å². The van der Waals surface area contributed by atoms with Gasteiger partial charge in [0.05, 0.1) is 16.3 Å². The fourth-order valence-electron chi connectivity index (χ4n) is 5.08. The smallest absolute Gasteiger partial charge is 0.271 e. The topological polar surface area (TPSA) is 34.4 Å². The Morgan fingerprint density at radius 3 is 2.19 bits per heavy atom. The zero-order valence-electron chi connectivity index (χ0n) is 20.2. The fourth-order valence-corrected chi connectivity index (χ4v) is 6.33. The molecule has 0 saturated heterocycles. The van der Waals surface area contributed by atoms with Crippen molar-refractivity contribution in [2.75, 3.05) is 0 Å². The van der Waals surface area contributed by atoms with E-state index < -0.39 is 0 Å². The van der Waals surface area contributed by atoms with Gasteiger partial charge >= 0.3 is 0 Å². The number of aromatic nitrogens is 1. The molecule has 3 aromatic carbocycles. The normalized spacial score (nSPS) is 18.5. The third-order valence-corrected chi connectivity index (χ3v) is 8.39. The van der Waals surface area contributed by atoms with E-state index in [2.05, 4.69) is 25.1 Å². The molecule has 6 heteroatoms. The molecule has 4 aromatic rings. The van der Waals surface area contributed by atoms with Crippen molar-refractivity contribution in [1.82, 2.24) is 4.57 Å². The molecule has 3 nitrogen and oxygen atoms in total. The molecule has 1 unspecified atom stereocenters. The number of halogens is 2. The molecular weight excluding hydrogens is 519 g/mol. The van der Waals surface area contributed by atoms with Gasteiger partial charge in [-0.1, -0.05) is 88.6 Å². The Labute approximate surface area is 229 Å². The Bertz CT molecular complexity index is 1730. The van der Waals surface area contributed by atoms with E-state index in [1.165, 1.54) is 28.0 Å². The summed E-state index contributed by atoms with van der Waals surface area (Å²) in [6.07, 6.45) is 7.01. The largest absolute Gasteiger partial charge is 0.272 e. The van der Waals surface area contributed by atoms with E-state index in [4.69, 9.17) is 28.2 Å². The minimum absolute atomic E-state index is 0.00960. The maximum atomic E-state index is 13.8. The average molecular weight is 544 g/mol. The van der Waals surface area contributed by atoms with Crippen molar-refractivity contribution in [3.8, 4) is 0 Å². The van der Waals surface area contributed by atoms with Crippen LogP contribution in [0.3, 0.4) is 0 Å². The molecule has 6 rings (SSSR count). The van der Waals surface area contributed by atoms with Crippen molar-refractivity contribution in [2.24, 2.45) is 4.99 Å². The SMILES string of the molecule is Cc1ccc(/C=c2/sc3n(c2=O)C(c2ccc(Cl)cc2)C2=C(N=3)/C(=C\c3ccc(Cl)cc3)CCC2)cc1. The summed E-state index contributed by atoms with van der Waals surface area (Å²) < 4.78 is 2.56. The number of benzene rings is 3. The summed E-state index contributed by atoms with van der Waals surface area (Å²) in [4.78, 5) is 19.7. The van der Waals surface area contributed by atoms with E-state index in [1.54, 1.807) is 0 Å². The summed E-state index contributed by atoms with van der Waals surface area (Å²) >= 11 is 13.8. The van der Waals surface area contributed by atoms with Crippen molar-refractivity contribution in [2.45, 2.75) is 32.2 Å². The van der Waals surface area contributed by atoms with E-state index in [-0.39, 0.29) is 11.6 Å². The first-order valence-electron chi connectivity index (χ1n) is 12.3. The van der Waals surface area contributed by atoms with Gasteiger partial charge in [-0.3, -0.25) is 9.36 Å². The van der Waals surface area contributed by atoms with Gasteiger partial charge < -0.3 is 0 Å². The van der Waals surface area contributed by atoms with E-state index in [9.17, 15) is 4.79 Å². The molecule has 1 aromatic heterocycles. The third-order valence-electron chi connectivity index (χ3n) is 6.90. The molecule has 184 valence electrons. The Kier molecular flexibility index (Phi) is 6.49. The number of rotatable bonds is 3. The summed E-state index contributed by atoms with van der Waals surface area (Å²) in [7, 11) is 0. The van der Waals surface area contributed by atoms with Gasteiger partial charge in [0, 0.05) is 10.0 Å². The van der Waals surface area contributed by atoms with Crippen molar-refractivity contribution >= 4 is 46.7 Å². The van der Waals surface area contributed by atoms with Crippen LogP contribution in [0, 0.1) is 6.92 Å². The first-order valence-corrected chi connectivity index (χ1v) is 13.9. The van der Waals surface area contributed by atoms with Crippen LogP contribution < -0.4 is 14.9 Å². The molecule has 1 aliphatic carbocycles. The molecule has 0 N–H and O–H groups in total. The van der Waals surface area contributed by atoms with E-state index >= 15 is 0 Å². The van der Waals surface area contributed by atoms with Gasteiger partial charge in [-0.15, -0.1) is 0 Å². The molecule has 37 heavy (non-hydrogen) atoms. The predicted molar refractivity (Wildman–Crippen MR) is 154 cm³/mol. The molecule has 1 atom stereocenters. The van der Waals surface area contributed by atoms with Crippen LogP contribution in [0.2, 0.25) is 10.0 Å². The first kappa shape index (κ1) is 24.2. The maximum Gasteiger partial charge on any atom is 0.271 e. The van der Waals surface area contributed by atoms with Crippen molar-refractivity contribution in [1.29, 1.82) is 0 Å². The van der Waals surface area contributed by atoms with Crippen LogP contribution in [-0.2, 0) is 0 Å². The first-order chi connectivity index (χ1) is 18.0. The summed E-state index contributed by atoms with van der Waals surface area (Å²) in [5.74, 6) is 0. The Balaban J connectivity index is 1.57. The molecule has 0 radical (unpaired) electrons. The zero-order chi connectivity index (χ0) is 25.5. The van der Waals surface area contributed by atoms with Gasteiger partial charge in [-0.25, -0.2) is 4.99 Å². The Morgan fingerprint density at radius 1 is 0.865 bits per heavy atom. The van der Waals surface area contributed by atoms with E-state index in [0.29, 0.717) is 9.55 Å². The molecular formula is C31H24Cl2N2OS. The lowest BCUT2D eigenvalue weighted by Crippen LogP contribution is -2.39. The van der Waals surface area contributed by atoms with Crippen LogP contribution in [0.1, 0.15) is 47.6 Å². The Hall–Kier alpha value is -3.18. The number of hydrogen-bond donors (Lipinski definition) is 0. The quantitative estimate of drug-likeness (QED) is 0.272. The summed E-state index contributed by atoms with van der Waals surface area (Å²) in [5, 5.41) is 1.40. The molecule has 2 aliphatic rings. The highest BCUT2D eigenvalue weighted by atomic mass is 35.5. The zero-order valence-corrected chi connectivity index (χ0v) is 22.6. The van der Waals surface area contributed by atoms with Gasteiger partial charge in [0.1, 0.15) is 0 Å². The fraction of sp³-hybridized carbons (Fsp3) is 0.161. The lowest BCUT2D eigenvalue weighted by Gasteiger charge is -2.31. The highest BCUT2D eigenvalue weighted by molar-refractivity contribution is 7.07. The van der Waals surface area contributed by atoms with E-state index in [1.807, 2.05) is 71.3 Å². The monoisotopic (exact) mass is 542 g/mol. The van der Waals surface area contributed by atoms with Gasteiger partial charge in [-0.05, 0) is 90.4 Å². The van der Waals surface area contributed by atoms with Crippen LogP contribution in [0.4, 0.5) is 0 Å². The third kappa shape index (κ3) is 4.77.